The monoisotopic (exact) mass is 204 g/mol. The van der Waals surface area contributed by atoms with Crippen molar-refractivity contribution in [3.8, 4) is 0 Å². The van der Waals surface area contributed by atoms with E-state index in [1.54, 1.807) is 0 Å². The Morgan fingerprint density at radius 1 is 0.667 bits per heavy atom. The Bertz CT molecular complexity index is 239. The summed E-state index contributed by atoms with van der Waals surface area (Å²) >= 11 is 0. The lowest BCUT2D eigenvalue weighted by Gasteiger charge is -2.37. The Morgan fingerprint density at radius 2 is 1.07 bits per heavy atom. The second-order valence-electron chi connectivity index (χ2n) is 6.86. The summed E-state index contributed by atoms with van der Waals surface area (Å²) < 4.78 is 0. The highest BCUT2D eigenvalue weighted by Gasteiger charge is 2.53. The molecule has 0 unspecified atom stereocenters. The van der Waals surface area contributed by atoms with Crippen LogP contribution in [0.2, 0.25) is 0 Å². The predicted octanol–water partition coefficient (Wildman–Crippen LogP) is 3.26. The summed E-state index contributed by atoms with van der Waals surface area (Å²) in [6.07, 6.45) is 14.6. The maximum Gasteiger partial charge on any atom is 0.0366 e. The first-order valence-corrected chi connectivity index (χ1v) is 7.02. The second-order valence-corrected chi connectivity index (χ2v) is 6.86. The van der Waals surface area contributed by atoms with Gasteiger partial charge in [-0.1, -0.05) is 0 Å². The molecule has 4 bridgehead atoms. The topological polar surface area (TPSA) is 14.1 Å². The number of hydrogen-bond donors (Lipinski definition) is 0. The van der Waals surface area contributed by atoms with Crippen LogP contribution in [0, 0.1) is 11.8 Å². The van der Waals surface area contributed by atoms with E-state index in [1.165, 1.54) is 64.2 Å². The van der Waals surface area contributed by atoms with Gasteiger partial charge >= 0.3 is 0 Å². The molecule has 0 N–H and O–H groups in total. The highest BCUT2D eigenvalue weighted by Crippen LogP contribution is 2.55. The molecule has 1 radical (unpaired) electrons. The van der Waals surface area contributed by atoms with Crippen LogP contribution in [0.3, 0.4) is 0 Å². The van der Waals surface area contributed by atoms with Crippen LogP contribution in [-0.2, 0) is 0 Å². The molecule has 15 heavy (non-hydrogen) atoms. The SMILES string of the molecule is C1CC2([N]C34CCC(CC3)C4)CCC1C2. The highest BCUT2D eigenvalue weighted by atomic mass is 15.1. The van der Waals surface area contributed by atoms with Crippen molar-refractivity contribution in [3.05, 3.63) is 0 Å². The molecule has 0 atom stereocenters. The van der Waals surface area contributed by atoms with Crippen molar-refractivity contribution in [1.82, 2.24) is 5.32 Å². The van der Waals surface area contributed by atoms with Crippen molar-refractivity contribution in [2.75, 3.05) is 0 Å². The van der Waals surface area contributed by atoms with Gasteiger partial charge in [-0.15, -0.1) is 0 Å². The van der Waals surface area contributed by atoms with E-state index in [4.69, 9.17) is 5.32 Å². The molecule has 0 amide bonds. The molecule has 0 aromatic rings. The molecule has 1 heteroatoms. The van der Waals surface area contributed by atoms with Gasteiger partial charge in [-0.05, 0) is 76.0 Å². The zero-order valence-corrected chi connectivity index (χ0v) is 9.67. The number of hydrogen-bond acceptors (Lipinski definition) is 0. The fraction of sp³-hybridized carbons (Fsp3) is 1.00. The van der Waals surface area contributed by atoms with Crippen molar-refractivity contribution >= 4 is 0 Å². The van der Waals surface area contributed by atoms with E-state index in [1.807, 2.05) is 0 Å². The Labute approximate surface area is 93.0 Å². The molecule has 4 aliphatic rings. The number of rotatable bonds is 2. The maximum atomic E-state index is 5.46. The van der Waals surface area contributed by atoms with E-state index in [0.717, 1.165) is 11.8 Å². The van der Waals surface area contributed by atoms with E-state index in [-0.39, 0.29) is 0 Å². The van der Waals surface area contributed by atoms with Crippen molar-refractivity contribution in [3.63, 3.8) is 0 Å². The van der Waals surface area contributed by atoms with Gasteiger partial charge in [-0.2, -0.15) is 0 Å². The van der Waals surface area contributed by atoms with Crippen molar-refractivity contribution in [1.29, 1.82) is 0 Å². The van der Waals surface area contributed by atoms with Crippen LogP contribution in [0.1, 0.15) is 64.2 Å². The normalized spacial score (nSPS) is 56.8. The largest absolute Gasteiger partial charge is 0.228 e. The van der Waals surface area contributed by atoms with Crippen molar-refractivity contribution in [2.24, 2.45) is 11.8 Å². The Balaban J connectivity index is 1.55. The van der Waals surface area contributed by atoms with Gasteiger partial charge in [0, 0.05) is 11.1 Å². The van der Waals surface area contributed by atoms with Gasteiger partial charge in [-0.3, -0.25) is 0 Å². The molecule has 83 valence electrons. The minimum atomic E-state index is 0.490. The van der Waals surface area contributed by atoms with Crippen LogP contribution in [0.15, 0.2) is 0 Å². The lowest BCUT2D eigenvalue weighted by Crippen LogP contribution is -2.48. The average Bonchev–Trinajstić information content (AvgIpc) is 2.95. The molecule has 4 fully saturated rings. The van der Waals surface area contributed by atoms with Crippen LogP contribution < -0.4 is 5.32 Å². The molecule has 4 rings (SSSR count). The van der Waals surface area contributed by atoms with E-state index < -0.39 is 0 Å². The Hall–Kier alpha value is -0.0400. The van der Waals surface area contributed by atoms with Crippen LogP contribution in [0.4, 0.5) is 0 Å². The van der Waals surface area contributed by atoms with E-state index in [9.17, 15) is 0 Å². The molecule has 4 aliphatic carbocycles. The Kier molecular flexibility index (Phi) is 1.68. The van der Waals surface area contributed by atoms with E-state index in [0.29, 0.717) is 11.1 Å². The average molecular weight is 204 g/mol. The Morgan fingerprint density at radius 3 is 1.33 bits per heavy atom. The lowest BCUT2D eigenvalue weighted by molar-refractivity contribution is 0.198. The van der Waals surface area contributed by atoms with Gasteiger partial charge < -0.3 is 0 Å². The first kappa shape index (κ1) is 9.04. The molecule has 0 aromatic heterocycles. The third-order valence-corrected chi connectivity index (χ3v) is 5.88. The molecular weight excluding hydrogens is 182 g/mol. The standard InChI is InChI=1S/C14H22N/c1-5-13(6-2-11(1)9-13)15-14-7-3-12(10-14)4-8-14/h11-12H,1-10H2. The van der Waals surface area contributed by atoms with E-state index in [2.05, 4.69) is 0 Å². The zero-order chi connectivity index (χ0) is 9.93. The molecule has 0 heterocycles. The molecule has 1 nitrogen and oxygen atoms in total. The van der Waals surface area contributed by atoms with Gasteiger partial charge in [0.25, 0.3) is 0 Å². The number of nitrogens with zero attached hydrogens (tertiary/aromatic N) is 1. The van der Waals surface area contributed by atoms with Crippen LogP contribution in [-0.4, -0.2) is 11.1 Å². The van der Waals surface area contributed by atoms with Crippen molar-refractivity contribution < 1.29 is 0 Å². The summed E-state index contributed by atoms with van der Waals surface area (Å²) in [6, 6.07) is 0. The first-order valence-electron chi connectivity index (χ1n) is 7.02. The molecular formula is C14H22N. The van der Waals surface area contributed by atoms with Gasteiger partial charge in [-0.25, -0.2) is 5.32 Å². The third-order valence-electron chi connectivity index (χ3n) is 5.88. The fourth-order valence-electron chi connectivity index (χ4n) is 5.14. The highest BCUT2D eigenvalue weighted by molar-refractivity contribution is 5.10. The molecule has 0 aromatic carbocycles. The first-order chi connectivity index (χ1) is 7.28. The van der Waals surface area contributed by atoms with Crippen molar-refractivity contribution in [2.45, 2.75) is 75.3 Å². The molecule has 4 saturated carbocycles. The van der Waals surface area contributed by atoms with Crippen LogP contribution in [0.5, 0.6) is 0 Å². The fourth-order valence-corrected chi connectivity index (χ4v) is 5.14. The molecule has 0 spiro atoms. The molecule has 0 saturated heterocycles. The van der Waals surface area contributed by atoms with E-state index >= 15 is 0 Å². The summed E-state index contributed by atoms with van der Waals surface area (Å²) in [5, 5.41) is 5.46. The summed E-state index contributed by atoms with van der Waals surface area (Å²) in [4.78, 5) is 0. The van der Waals surface area contributed by atoms with Crippen LogP contribution >= 0.6 is 0 Å². The predicted molar refractivity (Wildman–Crippen MR) is 60.7 cm³/mol. The second kappa shape index (κ2) is 2.80. The molecule has 0 aliphatic heterocycles. The summed E-state index contributed by atoms with van der Waals surface area (Å²) in [7, 11) is 0. The van der Waals surface area contributed by atoms with Gasteiger partial charge in [0.15, 0.2) is 0 Å². The smallest absolute Gasteiger partial charge is 0.0366 e. The van der Waals surface area contributed by atoms with Gasteiger partial charge in [0.2, 0.25) is 0 Å². The zero-order valence-electron chi connectivity index (χ0n) is 9.67. The maximum absolute atomic E-state index is 5.46. The summed E-state index contributed by atoms with van der Waals surface area (Å²) in [6.45, 7) is 0. The minimum Gasteiger partial charge on any atom is -0.228 e. The lowest BCUT2D eigenvalue weighted by atomic mass is 9.86. The summed E-state index contributed by atoms with van der Waals surface area (Å²) in [5.74, 6) is 2.12. The van der Waals surface area contributed by atoms with Crippen LogP contribution in [0.25, 0.3) is 0 Å². The minimum absolute atomic E-state index is 0.490. The summed E-state index contributed by atoms with van der Waals surface area (Å²) in [5.41, 5.74) is 0.980. The van der Waals surface area contributed by atoms with Gasteiger partial charge in [0.1, 0.15) is 0 Å². The quantitative estimate of drug-likeness (QED) is 0.655. The van der Waals surface area contributed by atoms with Gasteiger partial charge in [0.05, 0.1) is 0 Å². The third kappa shape index (κ3) is 1.25. The number of fused-ring (bicyclic) bond motifs is 4.